The highest BCUT2D eigenvalue weighted by atomic mass is 16.5. The Labute approximate surface area is 127 Å². The molecule has 1 heterocycles. The minimum absolute atomic E-state index is 0.143. The van der Waals surface area contributed by atoms with Gasteiger partial charge >= 0.3 is 6.03 Å². The Morgan fingerprint density at radius 1 is 1.38 bits per heavy atom. The van der Waals surface area contributed by atoms with E-state index in [4.69, 9.17) is 4.74 Å². The average Bonchev–Trinajstić information content (AvgIpc) is 2.96. The summed E-state index contributed by atoms with van der Waals surface area (Å²) in [6.07, 6.45) is 3.58. The zero-order valence-corrected chi connectivity index (χ0v) is 13.3. The molecule has 4 heteroatoms. The smallest absolute Gasteiger partial charge is 0.320 e. The second kappa shape index (κ2) is 7.34. The number of benzene rings is 1. The Morgan fingerprint density at radius 2 is 2.10 bits per heavy atom. The van der Waals surface area contributed by atoms with Gasteiger partial charge in [0.05, 0.1) is 7.11 Å². The molecule has 21 heavy (non-hydrogen) atoms. The van der Waals surface area contributed by atoms with Crippen LogP contribution in [0.4, 0.5) is 4.79 Å². The number of hydrogen-bond donors (Lipinski definition) is 0. The number of amides is 2. The minimum Gasteiger partial charge on any atom is -0.497 e. The van der Waals surface area contributed by atoms with Crippen LogP contribution in [0.3, 0.4) is 0 Å². The Hall–Kier alpha value is -1.71. The summed E-state index contributed by atoms with van der Waals surface area (Å²) < 4.78 is 5.15. The van der Waals surface area contributed by atoms with E-state index in [0.717, 1.165) is 30.8 Å². The maximum Gasteiger partial charge on any atom is 0.320 e. The summed E-state index contributed by atoms with van der Waals surface area (Å²) in [5.41, 5.74) is 1.12. The average molecular weight is 290 g/mol. The molecule has 116 valence electrons. The molecular formula is C17H26N2O2. The van der Waals surface area contributed by atoms with Crippen molar-refractivity contribution in [2.75, 3.05) is 27.2 Å². The van der Waals surface area contributed by atoms with E-state index in [2.05, 4.69) is 6.92 Å². The summed E-state index contributed by atoms with van der Waals surface area (Å²) in [7, 11) is 3.53. The van der Waals surface area contributed by atoms with Gasteiger partial charge in [0.25, 0.3) is 0 Å². The first-order valence-electron chi connectivity index (χ1n) is 7.77. The van der Waals surface area contributed by atoms with Crippen LogP contribution >= 0.6 is 0 Å². The molecule has 1 saturated heterocycles. The summed E-state index contributed by atoms with van der Waals surface area (Å²) in [4.78, 5) is 16.2. The van der Waals surface area contributed by atoms with Crippen molar-refractivity contribution >= 4 is 6.03 Å². The van der Waals surface area contributed by atoms with Crippen LogP contribution in [0.5, 0.6) is 5.75 Å². The minimum atomic E-state index is 0.143. The van der Waals surface area contributed by atoms with E-state index in [1.807, 2.05) is 36.2 Å². The quantitative estimate of drug-likeness (QED) is 0.833. The predicted molar refractivity (Wildman–Crippen MR) is 84.4 cm³/mol. The van der Waals surface area contributed by atoms with E-state index in [9.17, 15) is 4.79 Å². The van der Waals surface area contributed by atoms with Gasteiger partial charge in [0, 0.05) is 26.7 Å². The van der Waals surface area contributed by atoms with E-state index in [-0.39, 0.29) is 6.03 Å². The van der Waals surface area contributed by atoms with Gasteiger partial charge in [0.1, 0.15) is 5.75 Å². The fourth-order valence-corrected chi connectivity index (χ4v) is 2.96. The van der Waals surface area contributed by atoms with Crippen molar-refractivity contribution < 1.29 is 9.53 Å². The molecule has 0 bridgehead atoms. The summed E-state index contributed by atoms with van der Waals surface area (Å²) in [6, 6.07) is 8.02. The van der Waals surface area contributed by atoms with Gasteiger partial charge in [-0.3, -0.25) is 0 Å². The molecule has 1 aliphatic rings. The number of carbonyl (C=O) groups is 1. The molecular weight excluding hydrogens is 264 g/mol. The van der Waals surface area contributed by atoms with E-state index >= 15 is 0 Å². The standard InChI is InChI=1S/C17H26N2O2/c1-4-5-14-10-11-19(13-14)17(20)18(2)12-15-6-8-16(21-3)9-7-15/h6-9,14H,4-5,10-13H2,1-3H3/t14-/m1/s1. The Morgan fingerprint density at radius 3 is 2.71 bits per heavy atom. The lowest BCUT2D eigenvalue weighted by molar-refractivity contribution is 0.169. The number of likely N-dealkylation sites (tertiary alicyclic amines) is 1. The maximum atomic E-state index is 12.4. The number of urea groups is 1. The number of hydrogen-bond acceptors (Lipinski definition) is 2. The first kappa shape index (κ1) is 15.7. The van der Waals surface area contributed by atoms with Crippen LogP contribution in [0.15, 0.2) is 24.3 Å². The van der Waals surface area contributed by atoms with Gasteiger partial charge in [-0.05, 0) is 36.5 Å². The van der Waals surface area contributed by atoms with Gasteiger partial charge in [-0.15, -0.1) is 0 Å². The highest BCUT2D eigenvalue weighted by Crippen LogP contribution is 2.22. The summed E-state index contributed by atoms with van der Waals surface area (Å²) in [5.74, 6) is 1.53. The fraction of sp³-hybridized carbons (Fsp3) is 0.588. The van der Waals surface area contributed by atoms with Crippen molar-refractivity contribution in [1.82, 2.24) is 9.80 Å². The third-order valence-corrected chi connectivity index (χ3v) is 4.16. The Bertz CT molecular complexity index is 458. The van der Waals surface area contributed by atoms with E-state index in [0.29, 0.717) is 12.5 Å². The van der Waals surface area contributed by atoms with Crippen molar-refractivity contribution in [3.63, 3.8) is 0 Å². The van der Waals surface area contributed by atoms with Gasteiger partial charge in [-0.25, -0.2) is 4.79 Å². The van der Waals surface area contributed by atoms with Gasteiger partial charge in [0.2, 0.25) is 0 Å². The van der Waals surface area contributed by atoms with Gasteiger partial charge in [-0.1, -0.05) is 25.5 Å². The van der Waals surface area contributed by atoms with E-state index in [1.54, 1.807) is 12.0 Å². The number of nitrogens with zero attached hydrogens (tertiary/aromatic N) is 2. The molecule has 0 saturated carbocycles. The zero-order chi connectivity index (χ0) is 15.2. The van der Waals surface area contributed by atoms with Gasteiger partial charge < -0.3 is 14.5 Å². The molecule has 1 aliphatic heterocycles. The van der Waals surface area contributed by atoms with Gasteiger partial charge in [0.15, 0.2) is 0 Å². The number of carbonyl (C=O) groups excluding carboxylic acids is 1. The summed E-state index contributed by atoms with van der Waals surface area (Å²) in [5, 5.41) is 0. The fourth-order valence-electron chi connectivity index (χ4n) is 2.96. The second-order valence-corrected chi connectivity index (χ2v) is 5.88. The van der Waals surface area contributed by atoms with Crippen LogP contribution in [0, 0.1) is 5.92 Å². The van der Waals surface area contributed by atoms with Crippen LogP contribution in [0.2, 0.25) is 0 Å². The monoisotopic (exact) mass is 290 g/mol. The molecule has 1 fully saturated rings. The van der Waals surface area contributed by atoms with Crippen LogP contribution in [-0.2, 0) is 6.54 Å². The second-order valence-electron chi connectivity index (χ2n) is 5.88. The van der Waals surface area contributed by atoms with Crippen LogP contribution in [0.25, 0.3) is 0 Å². The molecule has 2 rings (SSSR count). The van der Waals surface area contributed by atoms with Crippen molar-refractivity contribution in [3.05, 3.63) is 29.8 Å². The summed E-state index contributed by atoms with van der Waals surface area (Å²) in [6.45, 7) is 4.66. The molecule has 0 spiro atoms. The SMILES string of the molecule is CCC[C@@H]1CCN(C(=O)N(C)Cc2ccc(OC)cc2)C1. The lowest BCUT2D eigenvalue weighted by Gasteiger charge is -2.25. The Balaban J connectivity index is 1.87. The highest BCUT2D eigenvalue weighted by Gasteiger charge is 2.27. The first-order valence-corrected chi connectivity index (χ1v) is 7.77. The molecule has 1 aromatic carbocycles. The van der Waals surface area contributed by atoms with Crippen molar-refractivity contribution in [1.29, 1.82) is 0 Å². The molecule has 2 amide bonds. The number of methoxy groups -OCH3 is 1. The molecule has 0 aliphatic carbocycles. The topological polar surface area (TPSA) is 32.8 Å². The third kappa shape index (κ3) is 4.13. The highest BCUT2D eigenvalue weighted by molar-refractivity contribution is 5.74. The molecule has 0 aromatic heterocycles. The lowest BCUT2D eigenvalue weighted by Crippen LogP contribution is -2.39. The Kier molecular flexibility index (Phi) is 5.48. The molecule has 0 radical (unpaired) electrons. The number of rotatable bonds is 5. The maximum absolute atomic E-state index is 12.4. The molecule has 0 N–H and O–H groups in total. The first-order chi connectivity index (χ1) is 10.1. The third-order valence-electron chi connectivity index (χ3n) is 4.16. The molecule has 1 aromatic rings. The van der Waals surface area contributed by atoms with Crippen molar-refractivity contribution in [3.8, 4) is 5.75 Å². The van der Waals surface area contributed by atoms with E-state index < -0.39 is 0 Å². The van der Waals surface area contributed by atoms with Gasteiger partial charge in [-0.2, -0.15) is 0 Å². The zero-order valence-electron chi connectivity index (χ0n) is 13.3. The number of ether oxygens (including phenoxy) is 1. The van der Waals surface area contributed by atoms with Crippen molar-refractivity contribution in [2.45, 2.75) is 32.7 Å². The van der Waals surface area contributed by atoms with E-state index in [1.165, 1.54) is 12.8 Å². The molecule has 1 atom stereocenters. The van der Waals surface area contributed by atoms with Crippen molar-refractivity contribution in [2.24, 2.45) is 5.92 Å². The summed E-state index contributed by atoms with van der Waals surface area (Å²) >= 11 is 0. The normalized spacial score (nSPS) is 17.9. The largest absolute Gasteiger partial charge is 0.497 e. The van der Waals surface area contributed by atoms with Crippen LogP contribution in [0.1, 0.15) is 31.7 Å². The van der Waals surface area contributed by atoms with Crippen LogP contribution in [-0.4, -0.2) is 43.1 Å². The molecule has 4 nitrogen and oxygen atoms in total. The predicted octanol–water partition coefficient (Wildman–Crippen LogP) is 3.37. The molecule has 0 unspecified atom stereocenters. The lowest BCUT2D eigenvalue weighted by atomic mass is 10.0. The van der Waals surface area contributed by atoms with Crippen LogP contribution < -0.4 is 4.74 Å².